The Morgan fingerprint density at radius 3 is 2.50 bits per heavy atom. The van der Waals surface area contributed by atoms with Crippen LogP contribution in [0.5, 0.6) is 0 Å². The number of hydrogen-bond donors (Lipinski definition) is 1. The maximum Gasteiger partial charge on any atom is 0.410 e. The van der Waals surface area contributed by atoms with Crippen molar-refractivity contribution in [2.24, 2.45) is 5.92 Å². The van der Waals surface area contributed by atoms with E-state index in [4.69, 9.17) is 0 Å². The Labute approximate surface area is 174 Å². The molecule has 30 heavy (non-hydrogen) atoms. The average molecular weight is 420 g/mol. The fraction of sp³-hybridized carbons (Fsp3) is 0.545. The molecule has 1 amide bonds. The van der Waals surface area contributed by atoms with Crippen molar-refractivity contribution in [1.82, 2.24) is 14.7 Å². The number of benzene rings is 1. The van der Waals surface area contributed by atoms with Gasteiger partial charge in [-0.05, 0) is 44.6 Å². The van der Waals surface area contributed by atoms with Gasteiger partial charge in [0, 0.05) is 25.2 Å². The number of halogens is 3. The van der Waals surface area contributed by atoms with Crippen LogP contribution in [0.3, 0.4) is 0 Å². The molecule has 1 N–H and O–H groups in total. The van der Waals surface area contributed by atoms with E-state index in [9.17, 15) is 18.0 Å². The Morgan fingerprint density at radius 2 is 1.87 bits per heavy atom. The number of fused-ring (bicyclic) bond motifs is 1. The van der Waals surface area contributed by atoms with Crippen LogP contribution in [0, 0.1) is 12.8 Å². The summed E-state index contributed by atoms with van der Waals surface area (Å²) in [6.07, 6.45) is -2.97. The maximum absolute atomic E-state index is 13.6. The molecule has 5 nitrogen and oxygen atoms in total. The molecule has 3 atom stereocenters. The number of rotatable bonds is 3. The molecular formula is C22H27F3N4O. The van der Waals surface area contributed by atoms with Crippen LogP contribution < -0.4 is 5.32 Å². The highest BCUT2D eigenvalue weighted by atomic mass is 19.4. The first kappa shape index (κ1) is 20.8. The third-order valence-electron chi connectivity index (χ3n) is 6.43. The lowest BCUT2D eigenvalue weighted by Crippen LogP contribution is -2.47. The summed E-state index contributed by atoms with van der Waals surface area (Å²) in [6, 6.07) is 9.45. The number of nitrogens with one attached hydrogen (secondary N) is 1. The molecule has 1 fully saturated rings. The Hall–Kier alpha value is -2.51. The van der Waals surface area contributed by atoms with Gasteiger partial charge in [-0.15, -0.1) is 0 Å². The first-order valence-electron chi connectivity index (χ1n) is 10.5. The Kier molecular flexibility index (Phi) is 5.51. The number of hydrogen-bond acceptors (Lipinski definition) is 3. The minimum Gasteiger partial charge on any atom is -0.367 e. The predicted octanol–water partition coefficient (Wildman–Crippen LogP) is 4.52. The molecular weight excluding hydrogens is 393 g/mol. The molecule has 162 valence electrons. The Balaban J connectivity index is 1.41. The molecule has 2 aliphatic rings. The van der Waals surface area contributed by atoms with Gasteiger partial charge in [0.25, 0.3) is 0 Å². The first-order chi connectivity index (χ1) is 14.2. The fourth-order valence-electron chi connectivity index (χ4n) is 4.71. The van der Waals surface area contributed by atoms with Crippen molar-refractivity contribution in [3.8, 4) is 0 Å². The van der Waals surface area contributed by atoms with Crippen LogP contribution in [0.25, 0.3) is 0 Å². The zero-order chi connectivity index (χ0) is 21.5. The van der Waals surface area contributed by atoms with E-state index in [1.807, 2.05) is 42.2 Å². The zero-order valence-electron chi connectivity index (χ0n) is 17.2. The Morgan fingerprint density at radius 1 is 1.20 bits per heavy atom. The van der Waals surface area contributed by atoms with Gasteiger partial charge >= 0.3 is 6.18 Å². The molecule has 1 saturated heterocycles. The van der Waals surface area contributed by atoms with Crippen LogP contribution in [0.15, 0.2) is 36.4 Å². The number of alkyl halides is 3. The molecule has 2 aliphatic heterocycles. The summed E-state index contributed by atoms with van der Waals surface area (Å²) in [5.41, 5.74) is 1.55. The summed E-state index contributed by atoms with van der Waals surface area (Å²) in [6.45, 7) is 4.76. The van der Waals surface area contributed by atoms with Crippen LogP contribution in [0.2, 0.25) is 0 Å². The van der Waals surface area contributed by atoms with Crippen LogP contribution in [0.4, 0.5) is 19.0 Å². The van der Waals surface area contributed by atoms with E-state index in [1.54, 1.807) is 13.0 Å². The molecule has 8 heteroatoms. The van der Waals surface area contributed by atoms with Crippen molar-refractivity contribution in [2.45, 2.75) is 57.3 Å². The number of anilines is 1. The lowest BCUT2D eigenvalue weighted by molar-refractivity contribution is -0.174. The molecule has 0 saturated carbocycles. The molecule has 3 heterocycles. The van der Waals surface area contributed by atoms with Crippen molar-refractivity contribution >= 4 is 11.7 Å². The van der Waals surface area contributed by atoms with Gasteiger partial charge in [0.05, 0.1) is 11.6 Å². The largest absolute Gasteiger partial charge is 0.410 e. The number of carbonyl (C=O) groups is 1. The molecule has 1 aromatic heterocycles. The number of likely N-dealkylation sites (tertiary alicyclic amines) is 1. The van der Waals surface area contributed by atoms with E-state index in [0.717, 1.165) is 10.2 Å². The zero-order valence-corrected chi connectivity index (χ0v) is 17.2. The van der Waals surface area contributed by atoms with Gasteiger partial charge in [-0.1, -0.05) is 30.3 Å². The second kappa shape index (κ2) is 7.96. The quantitative estimate of drug-likeness (QED) is 0.794. The van der Waals surface area contributed by atoms with Crippen molar-refractivity contribution in [2.75, 3.05) is 18.4 Å². The molecule has 0 radical (unpaired) electrons. The van der Waals surface area contributed by atoms with Crippen molar-refractivity contribution in [1.29, 1.82) is 0 Å². The number of nitrogens with zero attached hydrogens (tertiary/aromatic N) is 3. The molecule has 0 aliphatic carbocycles. The summed E-state index contributed by atoms with van der Waals surface area (Å²) in [5.74, 6) is 0.387. The van der Waals surface area contributed by atoms with Gasteiger partial charge in [-0.2, -0.15) is 18.3 Å². The van der Waals surface area contributed by atoms with Gasteiger partial charge in [0.2, 0.25) is 5.91 Å². The highest BCUT2D eigenvalue weighted by molar-refractivity contribution is 5.83. The van der Waals surface area contributed by atoms with E-state index in [1.165, 1.54) is 0 Å². The number of carbonyl (C=O) groups excluding carboxylic acids is 1. The second-order valence-corrected chi connectivity index (χ2v) is 8.45. The normalized spacial score (nSPS) is 23.6. The smallest absolute Gasteiger partial charge is 0.367 e. The SMILES string of the molecule is Cc1cc2n(n1)[C@@H](C(F)(F)F)C[C@@H](C1CCN(C(=O)[C@H](C)c3ccccc3)CC1)N2. The predicted molar refractivity (Wildman–Crippen MR) is 108 cm³/mol. The van der Waals surface area contributed by atoms with E-state index in [2.05, 4.69) is 10.4 Å². The molecule has 2 aromatic rings. The van der Waals surface area contributed by atoms with Gasteiger partial charge in [-0.3, -0.25) is 4.79 Å². The molecule has 0 unspecified atom stereocenters. The molecule has 0 bridgehead atoms. The van der Waals surface area contributed by atoms with E-state index in [0.29, 0.717) is 37.4 Å². The van der Waals surface area contributed by atoms with E-state index in [-0.39, 0.29) is 30.2 Å². The third-order valence-corrected chi connectivity index (χ3v) is 6.43. The second-order valence-electron chi connectivity index (χ2n) is 8.45. The Bertz CT molecular complexity index is 888. The summed E-state index contributed by atoms with van der Waals surface area (Å²) in [7, 11) is 0. The minimum atomic E-state index is -4.34. The van der Waals surface area contributed by atoms with Gasteiger partial charge in [-0.25, -0.2) is 4.68 Å². The summed E-state index contributed by atoms with van der Waals surface area (Å²) in [4.78, 5) is 14.7. The van der Waals surface area contributed by atoms with Gasteiger partial charge < -0.3 is 10.2 Å². The maximum atomic E-state index is 13.6. The number of aromatic nitrogens is 2. The van der Waals surface area contributed by atoms with Crippen LogP contribution in [-0.2, 0) is 4.79 Å². The highest BCUT2D eigenvalue weighted by Crippen LogP contribution is 2.42. The lowest BCUT2D eigenvalue weighted by Gasteiger charge is -2.41. The van der Waals surface area contributed by atoms with Crippen LogP contribution in [-0.4, -0.2) is 45.9 Å². The van der Waals surface area contributed by atoms with Crippen molar-refractivity contribution in [3.63, 3.8) is 0 Å². The number of aryl methyl sites for hydroxylation is 1. The van der Waals surface area contributed by atoms with Gasteiger partial charge in [0.15, 0.2) is 6.04 Å². The summed E-state index contributed by atoms with van der Waals surface area (Å²) >= 11 is 0. The third kappa shape index (κ3) is 4.04. The topological polar surface area (TPSA) is 50.2 Å². The average Bonchev–Trinajstić information content (AvgIpc) is 3.12. The first-order valence-corrected chi connectivity index (χ1v) is 10.5. The van der Waals surface area contributed by atoms with E-state index >= 15 is 0 Å². The highest BCUT2D eigenvalue weighted by Gasteiger charge is 2.47. The number of piperidine rings is 1. The molecule has 0 spiro atoms. The number of amides is 1. The lowest BCUT2D eigenvalue weighted by atomic mass is 9.84. The van der Waals surface area contributed by atoms with Crippen LogP contribution in [0.1, 0.15) is 49.4 Å². The van der Waals surface area contributed by atoms with Crippen molar-refractivity contribution in [3.05, 3.63) is 47.7 Å². The monoisotopic (exact) mass is 420 g/mol. The van der Waals surface area contributed by atoms with Crippen molar-refractivity contribution < 1.29 is 18.0 Å². The summed E-state index contributed by atoms with van der Waals surface area (Å²) < 4.78 is 42.0. The fourth-order valence-corrected chi connectivity index (χ4v) is 4.71. The van der Waals surface area contributed by atoms with E-state index < -0.39 is 12.2 Å². The molecule has 4 rings (SSSR count). The van der Waals surface area contributed by atoms with Crippen LogP contribution >= 0.6 is 0 Å². The van der Waals surface area contributed by atoms with Gasteiger partial charge in [0.1, 0.15) is 5.82 Å². The summed E-state index contributed by atoms with van der Waals surface area (Å²) in [5, 5.41) is 7.32. The minimum absolute atomic E-state index is 0.0311. The standard InChI is InChI=1S/C22H27F3N4O/c1-14-12-20-26-18(13-19(22(23,24)25)29(20)27-14)17-8-10-28(11-9-17)21(30)15(2)16-6-4-3-5-7-16/h3-7,12,15,17-19,26H,8-11,13H2,1-2H3/t15-,18+,19-/m1/s1. The molecule has 1 aromatic carbocycles.